The number of aromatic nitrogens is 4. The normalized spacial score (nSPS) is 19.9. The van der Waals surface area contributed by atoms with Crippen LogP contribution in [0, 0.1) is 0 Å². The van der Waals surface area contributed by atoms with Crippen LogP contribution in [-0.2, 0) is 11.3 Å². The molecule has 0 saturated carbocycles. The van der Waals surface area contributed by atoms with Gasteiger partial charge in [-0.3, -0.25) is 4.79 Å². The van der Waals surface area contributed by atoms with E-state index in [1.807, 2.05) is 29.2 Å². The van der Waals surface area contributed by atoms with E-state index in [-0.39, 0.29) is 24.5 Å². The van der Waals surface area contributed by atoms with Gasteiger partial charge in [-0.1, -0.05) is 13.3 Å². The number of benzene rings is 1. The standard InChI is InChI=1S/C20H29N5O2/c1-4-5-13-27-18-11-9-17(10-12-18)20-21-23-24(22-20)14-19(26)25-15(2)7-6-8-16(25)3/h9-12,15-16H,4-8,13-14H2,1-3H3. The van der Waals surface area contributed by atoms with Gasteiger partial charge in [0.2, 0.25) is 11.7 Å². The molecule has 0 aliphatic carbocycles. The minimum Gasteiger partial charge on any atom is -0.494 e. The van der Waals surface area contributed by atoms with E-state index in [0.29, 0.717) is 5.82 Å². The van der Waals surface area contributed by atoms with Gasteiger partial charge in [0.15, 0.2) is 0 Å². The predicted molar refractivity (Wildman–Crippen MR) is 103 cm³/mol. The van der Waals surface area contributed by atoms with E-state index in [0.717, 1.165) is 43.6 Å². The van der Waals surface area contributed by atoms with Gasteiger partial charge in [-0.25, -0.2) is 0 Å². The summed E-state index contributed by atoms with van der Waals surface area (Å²) >= 11 is 0. The summed E-state index contributed by atoms with van der Waals surface area (Å²) in [6.45, 7) is 7.20. The molecule has 1 saturated heterocycles. The highest BCUT2D eigenvalue weighted by molar-refractivity contribution is 5.76. The Morgan fingerprint density at radius 1 is 1.19 bits per heavy atom. The highest BCUT2D eigenvalue weighted by Gasteiger charge is 2.29. The van der Waals surface area contributed by atoms with Gasteiger partial charge in [0.05, 0.1) is 6.61 Å². The van der Waals surface area contributed by atoms with E-state index < -0.39 is 0 Å². The Balaban J connectivity index is 1.61. The molecule has 1 aromatic carbocycles. The Bertz CT molecular complexity index is 733. The SMILES string of the molecule is CCCCOc1ccc(-c2nnn(CC(=O)N3C(C)CCCC3C)n2)cc1. The zero-order valence-electron chi connectivity index (χ0n) is 16.5. The fraction of sp³-hybridized carbons (Fsp3) is 0.600. The van der Waals surface area contributed by atoms with Gasteiger partial charge in [-0.2, -0.15) is 4.80 Å². The maximum Gasteiger partial charge on any atom is 0.246 e. The van der Waals surface area contributed by atoms with E-state index in [2.05, 4.69) is 36.2 Å². The number of rotatable bonds is 7. The molecule has 1 amide bonds. The summed E-state index contributed by atoms with van der Waals surface area (Å²) in [4.78, 5) is 16.0. The van der Waals surface area contributed by atoms with E-state index in [9.17, 15) is 4.79 Å². The number of unbranched alkanes of at least 4 members (excludes halogenated alkanes) is 1. The number of piperidine rings is 1. The van der Waals surface area contributed by atoms with Crippen molar-refractivity contribution in [3.63, 3.8) is 0 Å². The van der Waals surface area contributed by atoms with Gasteiger partial charge in [0, 0.05) is 17.6 Å². The monoisotopic (exact) mass is 371 g/mol. The second-order valence-electron chi connectivity index (χ2n) is 7.30. The van der Waals surface area contributed by atoms with Crippen molar-refractivity contribution < 1.29 is 9.53 Å². The Morgan fingerprint density at radius 2 is 1.89 bits per heavy atom. The van der Waals surface area contributed by atoms with Crippen LogP contribution in [0.5, 0.6) is 5.75 Å². The minimum absolute atomic E-state index is 0.0540. The number of hydrogen-bond acceptors (Lipinski definition) is 5. The van der Waals surface area contributed by atoms with Crippen LogP contribution in [0.25, 0.3) is 11.4 Å². The number of carbonyl (C=O) groups excluding carboxylic acids is 1. The van der Waals surface area contributed by atoms with Gasteiger partial charge < -0.3 is 9.64 Å². The summed E-state index contributed by atoms with van der Waals surface area (Å²) in [6, 6.07) is 8.19. The molecule has 0 radical (unpaired) electrons. The molecular formula is C20H29N5O2. The van der Waals surface area contributed by atoms with Crippen molar-refractivity contribution in [2.45, 2.75) is 71.5 Å². The summed E-state index contributed by atoms with van der Waals surface area (Å²) in [7, 11) is 0. The van der Waals surface area contributed by atoms with Gasteiger partial charge in [-0.15, -0.1) is 10.2 Å². The van der Waals surface area contributed by atoms with Crippen LogP contribution in [0.4, 0.5) is 0 Å². The first-order valence-corrected chi connectivity index (χ1v) is 9.90. The zero-order chi connectivity index (χ0) is 19.2. The molecular weight excluding hydrogens is 342 g/mol. The highest BCUT2D eigenvalue weighted by Crippen LogP contribution is 2.23. The largest absolute Gasteiger partial charge is 0.494 e. The summed E-state index contributed by atoms with van der Waals surface area (Å²) in [6.07, 6.45) is 5.44. The lowest BCUT2D eigenvalue weighted by Crippen LogP contribution is -2.48. The van der Waals surface area contributed by atoms with Crippen molar-refractivity contribution in [3.8, 4) is 17.1 Å². The number of carbonyl (C=O) groups is 1. The molecule has 2 atom stereocenters. The van der Waals surface area contributed by atoms with Crippen molar-refractivity contribution >= 4 is 5.91 Å². The topological polar surface area (TPSA) is 73.1 Å². The second kappa shape index (κ2) is 8.97. The lowest BCUT2D eigenvalue weighted by Gasteiger charge is -2.38. The Labute approximate surface area is 160 Å². The first-order valence-electron chi connectivity index (χ1n) is 9.90. The molecule has 1 aliphatic rings. The van der Waals surface area contributed by atoms with Crippen LogP contribution < -0.4 is 4.74 Å². The molecule has 146 valence electrons. The van der Waals surface area contributed by atoms with Crippen molar-refractivity contribution in [2.75, 3.05) is 6.61 Å². The first kappa shape index (κ1) is 19.3. The number of amides is 1. The average molecular weight is 371 g/mol. The van der Waals surface area contributed by atoms with Crippen LogP contribution >= 0.6 is 0 Å². The molecule has 7 nitrogen and oxygen atoms in total. The van der Waals surface area contributed by atoms with Crippen LogP contribution in [0.15, 0.2) is 24.3 Å². The van der Waals surface area contributed by atoms with E-state index in [1.165, 1.54) is 11.2 Å². The molecule has 27 heavy (non-hydrogen) atoms. The number of tetrazole rings is 1. The highest BCUT2D eigenvalue weighted by atomic mass is 16.5. The third-order valence-corrected chi connectivity index (χ3v) is 5.09. The van der Waals surface area contributed by atoms with E-state index >= 15 is 0 Å². The van der Waals surface area contributed by atoms with Gasteiger partial charge in [0.25, 0.3) is 0 Å². The average Bonchev–Trinajstić information content (AvgIpc) is 3.11. The molecule has 3 rings (SSSR count). The summed E-state index contributed by atoms with van der Waals surface area (Å²) in [5.74, 6) is 1.41. The summed E-state index contributed by atoms with van der Waals surface area (Å²) in [5.41, 5.74) is 0.858. The Hall–Kier alpha value is -2.44. The quantitative estimate of drug-likeness (QED) is 0.698. The lowest BCUT2D eigenvalue weighted by molar-refractivity contribution is -0.138. The third kappa shape index (κ3) is 4.84. The van der Waals surface area contributed by atoms with Gasteiger partial charge in [0.1, 0.15) is 12.3 Å². The smallest absolute Gasteiger partial charge is 0.246 e. The maximum absolute atomic E-state index is 12.7. The fourth-order valence-corrected chi connectivity index (χ4v) is 3.58. The second-order valence-corrected chi connectivity index (χ2v) is 7.30. The predicted octanol–water partition coefficient (Wildman–Crippen LogP) is 3.31. The van der Waals surface area contributed by atoms with E-state index in [1.54, 1.807) is 0 Å². The maximum atomic E-state index is 12.7. The van der Waals surface area contributed by atoms with Crippen molar-refractivity contribution in [1.29, 1.82) is 0 Å². The zero-order valence-corrected chi connectivity index (χ0v) is 16.5. The third-order valence-electron chi connectivity index (χ3n) is 5.09. The number of likely N-dealkylation sites (tertiary alicyclic amines) is 1. The van der Waals surface area contributed by atoms with Crippen LogP contribution in [-0.4, -0.2) is 49.7 Å². The molecule has 0 bridgehead atoms. The number of nitrogens with zero attached hydrogens (tertiary/aromatic N) is 5. The molecule has 0 spiro atoms. The molecule has 1 aromatic heterocycles. The number of ether oxygens (including phenoxy) is 1. The Kier molecular flexibility index (Phi) is 6.42. The van der Waals surface area contributed by atoms with Crippen molar-refractivity contribution in [3.05, 3.63) is 24.3 Å². The van der Waals surface area contributed by atoms with Crippen molar-refractivity contribution in [1.82, 2.24) is 25.1 Å². The minimum atomic E-state index is 0.0540. The lowest BCUT2D eigenvalue weighted by atomic mass is 9.97. The van der Waals surface area contributed by atoms with E-state index in [4.69, 9.17) is 4.74 Å². The summed E-state index contributed by atoms with van der Waals surface area (Å²) in [5, 5.41) is 12.5. The molecule has 7 heteroatoms. The van der Waals surface area contributed by atoms with Gasteiger partial charge in [-0.05, 0) is 69.0 Å². The molecule has 1 fully saturated rings. The molecule has 2 unspecified atom stereocenters. The van der Waals surface area contributed by atoms with Gasteiger partial charge >= 0.3 is 0 Å². The van der Waals surface area contributed by atoms with Crippen molar-refractivity contribution in [2.24, 2.45) is 0 Å². The van der Waals surface area contributed by atoms with Crippen LogP contribution in [0.2, 0.25) is 0 Å². The molecule has 1 aliphatic heterocycles. The molecule has 2 heterocycles. The fourth-order valence-electron chi connectivity index (χ4n) is 3.58. The molecule has 0 N–H and O–H groups in total. The first-order chi connectivity index (χ1) is 13.1. The summed E-state index contributed by atoms with van der Waals surface area (Å²) < 4.78 is 5.67. The molecule has 2 aromatic rings. The Morgan fingerprint density at radius 3 is 2.56 bits per heavy atom. The number of hydrogen-bond donors (Lipinski definition) is 0. The van der Waals surface area contributed by atoms with Crippen LogP contribution in [0.1, 0.15) is 52.9 Å². The van der Waals surface area contributed by atoms with Crippen LogP contribution in [0.3, 0.4) is 0 Å².